The van der Waals surface area contributed by atoms with Crippen molar-refractivity contribution in [2.24, 2.45) is 0 Å². The summed E-state index contributed by atoms with van der Waals surface area (Å²) >= 11 is 1.53. The zero-order valence-corrected chi connectivity index (χ0v) is 10.9. The van der Waals surface area contributed by atoms with E-state index in [0.717, 1.165) is 24.5 Å². The number of piperazine rings is 1. The van der Waals surface area contributed by atoms with E-state index < -0.39 is 0 Å². The maximum Gasteiger partial charge on any atom is 0.186 e. The van der Waals surface area contributed by atoms with Crippen molar-refractivity contribution in [2.45, 2.75) is 13.0 Å². The summed E-state index contributed by atoms with van der Waals surface area (Å²) < 4.78 is 0. The van der Waals surface area contributed by atoms with Crippen molar-refractivity contribution in [1.82, 2.24) is 10.2 Å². The maximum absolute atomic E-state index is 11.8. The van der Waals surface area contributed by atoms with E-state index in [-0.39, 0.29) is 18.2 Å². The largest absolute Gasteiger partial charge is 0.312 e. The minimum absolute atomic E-state index is 0. The number of thiophene rings is 1. The Hall–Kier alpha value is -0.420. The third-order valence-electron chi connectivity index (χ3n) is 2.62. The molecule has 0 radical (unpaired) electrons. The molecule has 5 heteroatoms. The Morgan fingerprint density at radius 3 is 3.12 bits per heavy atom. The molecule has 0 aromatic carbocycles. The Bertz CT molecular complexity index is 329. The summed E-state index contributed by atoms with van der Waals surface area (Å²) in [5.41, 5.74) is 0. The number of rotatable bonds is 3. The highest BCUT2D eigenvalue weighted by atomic mass is 35.5. The van der Waals surface area contributed by atoms with Crippen LogP contribution in [0.5, 0.6) is 0 Å². The summed E-state index contributed by atoms with van der Waals surface area (Å²) in [7, 11) is 0. The molecule has 1 atom stereocenters. The highest BCUT2D eigenvalue weighted by Crippen LogP contribution is 2.10. The second-order valence-corrected chi connectivity index (χ2v) is 4.94. The van der Waals surface area contributed by atoms with Crippen LogP contribution in [0.4, 0.5) is 0 Å². The fourth-order valence-corrected chi connectivity index (χ4v) is 2.53. The predicted molar refractivity (Wildman–Crippen MR) is 69.8 cm³/mol. The molecule has 0 spiro atoms. The van der Waals surface area contributed by atoms with Gasteiger partial charge >= 0.3 is 0 Å². The summed E-state index contributed by atoms with van der Waals surface area (Å²) in [5.74, 6) is 0.249. The number of carbonyl (C=O) groups excluding carboxylic acids is 1. The summed E-state index contributed by atoms with van der Waals surface area (Å²) in [6.45, 7) is 5.64. The monoisotopic (exact) mass is 260 g/mol. The first-order valence-electron chi connectivity index (χ1n) is 5.28. The van der Waals surface area contributed by atoms with Crippen LogP contribution in [0, 0.1) is 0 Å². The molecule has 0 amide bonds. The van der Waals surface area contributed by atoms with E-state index in [1.165, 1.54) is 11.3 Å². The number of hydrogen-bond acceptors (Lipinski definition) is 4. The normalized spacial score (nSPS) is 21.4. The Morgan fingerprint density at radius 1 is 1.69 bits per heavy atom. The van der Waals surface area contributed by atoms with Gasteiger partial charge in [-0.05, 0) is 18.4 Å². The summed E-state index contributed by atoms with van der Waals surface area (Å²) in [6.07, 6.45) is 0. The molecule has 2 heterocycles. The van der Waals surface area contributed by atoms with Crippen LogP contribution in [0.1, 0.15) is 16.6 Å². The lowest BCUT2D eigenvalue weighted by Crippen LogP contribution is -2.50. The molecule has 16 heavy (non-hydrogen) atoms. The minimum atomic E-state index is 0. The number of carbonyl (C=O) groups is 1. The fraction of sp³-hybridized carbons (Fsp3) is 0.545. The zero-order valence-electron chi connectivity index (χ0n) is 9.31. The first-order valence-corrected chi connectivity index (χ1v) is 6.16. The number of nitrogens with zero attached hydrogens (tertiary/aromatic N) is 1. The van der Waals surface area contributed by atoms with Crippen LogP contribution < -0.4 is 5.32 Å². The molecule has 1 unspecified atom stereocenters. The van der Waals surface area contributed by atoms with E-state index >= 15 is 0 Å². The van der Waals surface area contributed by atoms with Gasteiger partial charge in [-0.3, -0.25) is 9.69 Å². The summed E-state index contributed by atoms with van der Waals surface area (Å²) in [5, 5.41) is 5.32. The third-order valence-corrected chi connectivity index (χ3v) is 3.53. The predicted octanol–water partition coefficient (Wildman–Crippen LogP) is 1.65. The van der Waals surface area contributed by atoms with E-state index in [9.17, 15) is 4.79 Å². The topological polar surface area (TPSA) is 32.3 Å². The number of hydrogen-bond donors (Lipinski definition) is 1. The van der Waals surface area contributed by atoms with Gasteiger partial charge in [0.2, 0.25) is 0 Å². The molecule has 0 aliphatic carbocycles. The second kappa shape index (κ2) is 6.35. The molecular weight excluding hydrogens is 244 g/mol. The maximum atomic E-state index is 11.8. The highest BCUT2D eigenvalue weighted by molar-refractivity contribution is 7.12. The van der Waals surface area contributed by atoms with Crippen molar-refractivity contribution in [3.63, 3.8) is 0 Å². The molecule has 1 aromatic rings. The number of nitrogens with one attached hydrogen (secondary N) is 1. The van der Waals surface area contributed by atoms with E-state index in [2.05, 4.69) is 17.1 Å². The Morgan fingerprint density at radius 2 is 2.50 bits per heavy atom. The summed E-state index contributed by atoms with van der Waals surface area (Å²) in [6, 6.07) is 4.33. The minimum Gasteiger partial charge on any atom is -0.312 e. The van der Waals surface area contributed by atoms with Gasteiger partial charge in [-0.15, -0.1) is 23.7 Å². The van der Waals surface area contributed by atoms with Crippen molar-refractivity contribution in [3.8, 4) is 0 Å². The molecule has 90 valence electrons. The van der Waals surface area contributed by atoms with Crippen LogP contribution in [0.3, 0.4) is 0 Å². The smallest absolute Gasteiger partial charge is 0.186 e. The number of Topliss-reactive ketones (excluding diaryl/α,β-unsaturated/α-hetero) is 1. The standard InChI is InChI=1S/C11H16N2OS.ClH/c1-9-7-13(5-4-12-9)8-10(14)11-3-2-6-15-11;/h2-3,6,9,12H,4-5,7-8H2,1H3;1H. The van der Waals surface area contributed by atoms with Crippen molar-refractivity contribution in [2.75, 3.05) is 26.2 Å². The molecule has 0 saturated carbocycles. The lowest BCUT2D eigenvalue weighted by atomic mass is 10.2. The van der Waals surface area contributed by atoms with Crippen LogP contribution >= 0.6 is 23.7 Å². The van der Waals surface area contributed by atoms with Gasteiger partial charge < -0.3 is 5.32 Å². The second-order valence-electron chi connectivity index (χ2n) is 3.99. The molecule has 1 fully saturated rings. The SMILES string of the molecule is CC1CN(CC(=O)c2cccs2)CCN1.Cl. The van der Waals surface area contributed by atoms with Gasteiger partial charge in [0.15, 0.2) is 5.78 Å². The van der Waals surface area contributed by atoms with Crippen LogP contribution in [-0.2, 0) is 0 Å². The molecule has 2 rings (SSSR count). The molecule has 1 aliphatic rings. The first-order chi connectivity index (χ1) is 7.25. The van der Waals surface area contributed by atoms with Gasteiger partial charge in [0.05, 0.1) is 11.4 Å². The van der Waals surface area contributed by atoms with E-state index in [1.54, 1.807) is 0 Å². The van der Waals surface area contributed by atoms with Crippen molar-refractivity contribution < 1.29 is 4.79 Å². The van der Waals surface area contributed by atoms with Gasteiger partial charge in [-0.1, -0.05) is 6.07 Å². The van der Waals surface area contributed by atoms with Gasteiger partial charge in [0, 0.05) is 25.7 Å². The zero-order chi connectivity index (χ0) is 10.7. The molecule has 1 aromatic heterocycles. The van der Waals surface area contributed by atoms with Crippen LogP contribution in [-0.4, -0.2) is 42.9 Å². The quantitative estimate of drug-likeness (QED) is 0.839. The third kappa shape index (κ3) is 3.56. The van der Waals surface area contributed by atoms with Crippen molar-refractivity contribution >= 4 is 29.5 Å². The lowest BCUT2D eigenvalue weighted by Gasteiger charge is -2.31. The molecule has 1 aliphatic heterocycles. The van der Waals surface area contributed by atoms with Crippen LogP contribution in [0.15, 0.2) is 17.5 Å². The molecule has 0 bridgehead atoms. The molecule has 1 N–H and O–H groups in total. The van der Waals surface area contributed by atoms with Gasteiger partial charge in [-0.25, -0.2) is 0 Å². The van der Waals surface area contributed by atoms with Gasteiger partial charge in [0.1, 0.15) is 0 Å². The lowest BCUT2D eigenvalue weighted by molar-refractivity contribution is 0.0912. The molecule has 1 saturated heterocycles. The van der Waals surface area contributed by atoms with Crippen LogP contribution in [0.2, 0.25) is 0 Å². The van der Waals surface area contributed by atoms with Crippen LogP contribution in [0.25, 0.3) is 0 Å². The van der Waals surface area contributed by atoms with E-state index in [4.69, 9.17) is 0 Å². The Kier molecular flexibility index (Phi) is 5.41. The average molecular weight is 261 g/mol. The van der Waals surface area contributed by atoms with Gasteiger partial charge in [0.25, 0.3) is 0 Å². The van der Waals surface area contributed by atoms with Gasteiger partial charge in [-0.2, -0.15) is 0 Å². The van der Waals surface area contributed by atoms with Crippen molar-refractivity contribution in [1.29, 1.82) is 0 Å². The van der Waals surface area contributed by atoms with E-state index in [0.29, 0.717) is 12.6 Å². The summed E-state index contributed by atoms with van der Waals surface area (Å²) in [4.78, 5) is 14.9. The number of halogens is 1. The fourth-order valence-electron chi connectivity index (χ4n) is 1.87. The van der Waals surface area contributed by atoms with E-state index in [1.807, 2.05) is 17.5 Å². The molecular formula is C11H17ClN2OS. The Balaban J connectivity index is 0.00000128. The van der Waals surface area contributed by atoms with Crippen molar-refractivity contribution in [3.05, 3.63) is 22.4 Å². The Labute approximate surface area is 106 Å². The highest BCUT2D eigenvalue weighted by Gasteiger charge is 2.18. The average Bonchev–Trinajstić information content (AvgIpc) is 2.70. The molecule has 3 nitrogen and oxygen atoms in total. The first kappa shape index (κ1) is 13.6. The number of ketones is 1.